The van der Waals surface area contributed by atoms with Crippen LogP contribution in [0.15, 0.2) is 0 Å². The van der Waals surface area contributed by atoms with Gasteiger partial charge in [0.2, 0.25) is 0 Å². The fourth-order valence-electron chi connectivity index (χ4n) is 3.44. The average molecular weight is 393 g/mol. The highest BCUT2D eigenvalue weighted by molar-refractivity contribution is 7.88. The van der Waals surface area contributed by atoms with Crippen LogP contribution in [0, 0.1) is 0 Å². The van der Waals surface area contributed by atoms with E-state index in [1.807, 2.05) is 6.92 Å². The summed E-state index contributed by atoms with van der Waals surface area (Å²) in [5, 5.41) is 9.52. The van der Waals surface area contributed by atoms with Crippen LogP contribution in [-0.2, 0) is 14.9 Å². The van der Waals surface area contributed by atoms with E-state index in [9.17, 15) is 22.9 Å². The van der Waals surface area contributed by atoms with Crippen molar-refractivity contribution in [2.75, 3.05) is 0 Å². The first-order valence-corrected chi connectivity index (χ1v) is 12.0. The van der Waals surface area contributed by atoms with Crippen molar-refractivity contribution in [3.8, 4) is 0 Å². The number of aliphatic carboxylic acids is 1. The Bertz CT molecular complexity index is 461. The molecule has 0 radical (unpaired) electrons. The molecule has 1 atom stereocenters. The number of unbranched alkanes of at least 4 members (excludes halogenated alkanes) is 12. The molecule has 6 heteroatoms. The van der Waals surface area contributed by atoms with Gasteiger partial charge in [-0.2, -0.15) is 8.42 Å². The standard InChI is InChI=1S/C20H40O5S/c1-3-5-7-9-10-11-12-13-14-16-18-20(19(21)22,26(23,24)25)17-15-8-6-4-2/h3-18H2,1-2H3,(H,21,22)(H,23,24,25). The van der Waals surface area contributed by atoms with Gasteiger partial charge in [-0.3, -0.25) is 9.35 Å². The van der Waals surface area contributed by atoms with Gasteiger partial charge in [-0.1, -0.05) is 104 Å². The van der Waals surface area contributed by atoms with Gasteiger partial charge < -0.3 is 5.11 Å². The van der Waals surface area contributed by atoms with Crippen molar-refractivity contribution in [3.05, 3.63) is 0 Å². The van der Waals surface area contributed by atoms with Crippen LogP contribution in [0.5, 0.6) is 0 Å². The first-order valence-electron chi connectivity index (χ1n) is 10.5. The molecule has 0 rings (SSSR count). The number of rotatable bonds is 18. The molecule has 2 N–H and O–H groups in total. The third kappa shape index (κ3) is 9.91. The Labute approximate surface area is 160 Å². The zero-order valence-electron chi connectivity index (χ0n) is 16.8. The largest absolute Gasteiger partial charge is 0.480 e. The maximum Gasteiger partial charge on any atom is 0.327 e. The van der Waals surface area contributed by atoms with Crippen LogP contribution in [-0.4, -0.2) is 28.8 Å². The van der Waals surface area contributed by atoms with Gasteiger partial charge in [0, 0.05) is 0 Å². The van der Waals surface area contributed by atoms with Gasteiger partial charge in [0.1, 0.15) is 0 Å². The molecule has 0 aliphatic carbocycles. The predicted octanol–water partition coefficient (Wildman–Crippen LogP) is 5.98. The van der Waals surface area contributed by atoms with Gasteiger partial charge in [0.05, 0.1) is 0 Å². The number of carboxylic acid groups (broad SMARTS) is 1. The summed E-state index contributed by atoms with van der Waals surface area (Å²) < 4.78 is 31.2. The Morgan fingerprint density at radius 3 is 1.31 bits per heavy atom. The van der Waals surface area contributed by atoms with Crippen LogP contribution in [0.2, 0.25) is 0 Å². The van der Waals surface area contributed by atoms with E-state index in [0.717, 1.165) is 38.5 Å². The SMILES string of the molecule is CCCCCCCCCCCCC(CCCCCC)(C(=O)O)S(=O)(=O)O. The van der Waals surface area contributed by atoms with Gasteiger partial charge in [-0.05, 0) is 12.8 Å². The van der Waals surface area contributed by atoms with Crippen LogP contribution in [0.1, 0.15) is 117 Å². The fraction of sp³-hybridized carbons (Fsp3) is 0.950. The van der Waals surface area contributed by atoms with E-state index >= 15 is 0 Å². The van der Waals surface area contributed by atoms with Crippen LogP contribution in [0.3, 0.4) is 0 Å². The number of hydrogen-bond acceptors (Lipinski definition) is 3. The first kappa shape index (κ1) is 25.4. The maximum atomic E-state index is 11.8. The lowest BCUT2D eigenvalue weighted by atomic mass is 9.93. The Hall–Kier alpha value is -0.620. The lowest BCUT2D eigenvalue weighted by Gasteiger charge is -2.26. The normalized spacial score (nSPS) is 14.3. The maximum absolute atomic E-state index is 11.8. The molecule has 0 aromatic rings. The second-order valence-electron chi connectivity index (χ2n) is 7.52. The highest BCUT2D eigenvalue weighted by atomic mass is 32.2. The molecule has 0 bridgehead atoms. The molecule has 0 aromatic heterocycles. The minimum Gasteiger partial charge on any atom is -0.480 e. The number of hydrogen-bond donors (Lipinski definition) is 2. The molecular formula is C20H40O5S. The van der Waals surface area contributed by atoms with Gasteiger partial charge in [0.15, 0.2) is 4.75 Å². The van der Waals surface area contributed by atoms with E-state index in [0.29, 0.717) is 12.8 Å². The molecule has 0 spiro atoms. The average Bonchev–Trinajstić information content (AvgIpc) is 2.57. The molecule has 0 saturated heterocycles. The highest BCUT2D eigenvalue weighted by Crippen LogP contribution is 2.31. The summed E-state index contributed by atoms with van der Waals surface area (Å²) in [4.78, 5) is 11.7. The molecule has 0 aliphatic heterocycles. The first-order chi connectivity index (χ1) is 12.3. The smallest absolute Gasteiger partial charge is 0.327 e. The van der Waals surface area contributed by atoms with E-state index < -0.39 is 20.8 Å². The van der Waals surface area contributed by atoms with Gasteiger partial charge in [-0.25, -0.2) is 0 Å². The number of carbonyl (C=O) groups is 1. The lowest BCUT2D eigenvalue weighted by Crippen LogP contribution is -2.46. The minimum atomic E-state index is -4.62. The monoisotopic (exact) mass is 392 g/mol. The Morgan fingerprint density at radius 1 is 0.692 bits per heavy atom. The fourth-order valence-corrected chi connectivity index (χ4v) is 4.47. The third-order valence-electron chi connectivity index (χ3n) is 5.25. The summed E-state index contributed by atoms with van der Waals surface area (Å²) in [6.07, 6.45) is 14.2. The van der Waals surface area contributed by atoms with E-state index in [2.05, 4.69) is 6.92 Å². The molecule has 0 aromatic carbocycles. The van der Waals surface area contributed by atoms with Crippen molar-refractivity contribution >= 4 is 16.1 Å². The summed E-state index contributed by atoms with van der Waals surface area (Å²) in [6.45, 7) is 4.24. The Morgan fingerprint density at radius 2 is 1.00 bits per heavy atom. The van der Waals surface area contributed by atoms with Crippen molar-refractivity contribution < 1.29 is 22.9 Å². The van der Waals surface area contributed by atoms with Gasteiger partial charge in [0.25, 0.3) is 10.1 Å². The van der Waals surface area contributed by atoms with Crippen LogP contribution < -0.4 is 0 Å². The summed E-state index contributed by atoms with van der Waals surface area (Å²) in [5.41, 5.74) is 0. The summed E-state index contributed by atoms with van der Waals surface area (Å²) in [7, 11) is -4.62. The topological polar surface area (TPSA) is 91.7 Å². The molecule has 156 valence electrons. The van der Waals surface area contributed by atoms with Crippen molar-refractivity contribution in [1.29, 1.82) is 0 Å². The summed E-state index contributed by atoms with van der Waals surface area (Å²) >= 11 is 0. The third-order valence-corrected chi connectivity index (χ3v) is 6.82. The minimum absolute atomic E-state index is 0.00139. The van der Waals surface area contributed by atoms with Crippen molar-refractivity contribution in [3.63, 3.8) is 0 Å². The molecule has 0 aliphatic rings. The predicted molar refractivity (Wildman–Crippen MR) is 107 cm³/mol. The molecule has 0 heterocycles. The Balaban J connectivity index is 4.29. The van der Waals surface area contributed by atoms with E-state index in [4.69, 9.17) is 0 Å². The van der Waals surface area contributed by atoms with Crippen LogP contribution >= 0.6 is 0 Å². The zero-order valence-corrected chi connectivity index (χ0v) is 17.7. The molecule has 0 amide bonds. The van der Waals surface area contributed by atoms with E-state index in [-0.39, 0.29) is 12.8 Å². The lowest BCUT2D eigenvalue weighted by molar-refractivity contribution is -0.140. The molecule has 0 saturated carbocycles. The van der Waals surface area contributed by atoms with Crippen molar-refractivity contribution in [2.45, 2.75) is 121 Å². The molecule has 26 heavy (non-hydrogen) atoms. The molecular weight excluding hydrogens is 352 g/mol. The van der Waals surface area contributed by atoms with Gasteiger partial charge >= 0.3 is 5.97 Å². The quantitative estimate of drug-likeness (QED) is 0.221. The van der Waals surface area contributed by atoms with Crippen LogP contribution in [0.25, 0.3) is 0 Å². The molecule has 0 fully saturated rings. The zero-order chi connectivity index (χ0) is 19.9. The summed E-state index contributed by atoms with van der Waals surface area (Å²) in [5.74, 6) is -1.41. The second kappa shape index (κ2) is 14.4. The van der Waals surface area contributed by atoms with Crippen molar-refractivity contribution in [1.82, 2.24) is 0 Å². The van der Waals surface area contributed by atoms with Crippen molar-refractivity contribution in [2.24, 2.45) is 0 Å². The van der Waals surface area contributed by atoms with Crippen LogP contribution in [0.4, 0.5) is 0 Å². The Kier molecular flexibility index (Phi) is 14.1. The van der Waals surface area contributed by atoms with E-state index in [1.165, 1.54) is 38.5 Å². The molecule has 1 unspecified atom stereocenters. The van der Waals surface area contributed by atoms with E-state index in [1.54, 1.807) is 0 Å². The number of carboxylic acids is 1. The highest BCUT2D eigenvalue weighted by Gasteiger charge is 2.49. The molecule has 5 nitrogen and oxygen atoms in total. The summed E-state index contributed by atoms with van der Waals surface area (Å²) in [6, 6.07) is 0. The van der Waals surface area contributed by atoms with Gasteiger partial charge in [-0.15, -0.1) is 0 Å². The second-order valence-corrected chi connectivity index (χ2v) is 9.25.